The van der Waals surface area contributed by atoms with Gasteiger partial charge in [0.2, 0.25) is 11.8 Å². The molecule has 0 aliphatic rings. The molecule has 0 fully saturated rings. The van der Waals surface area contributed by atoms with Crippen molar-refractivity contribution in [2.24, 2.45) is 0 Å². The van der Waals surface area contributed by atoms with Crippen LogP contribution in [0, 0.1) is 0 Å². The largest absolute Gasteiger partial charge is 0.497 e. The number of anilines is 1. The van der Waals surface area contributed by atoms with Gasteiger partial charge in [0.15, 0.2) is 0 Å². The number of carbonyl (C=O) groups excluding carboxylic acids is 3. The molecular formula is C18H19BrN4O4. The van der Waals surface area contributed by atoms with Crippen molar-refractivity contribution < 1.29 is 19.1 Å². The molecule has 2 N–H and O–H groups in total. The lowest BCUT2D eigenvalue weighted by Crippen LogP contribution is -2.41. The topological polar surface area (TPSA) is 101 Å². The fraction of sp³-hybridized carbons (Fsp3) is 0.222. The fourth-order valence-electron chi connectivity index (χ4n) is 2.16. The maximum absolute atomic E-state index is 12.0. The van der Waals surface area contributed by atoms with E-state index in [4.69, 9.17) is 4.74 Å². The van der Waals surface area contributed by atoms with Crippen LogP contribution >= 0.6 is 15.9 Å². The Morgan fingerprint density at radius 2 is 1.74 bits per heavy atom. The number of pyridine rings is 1. The van der Waals surface area contributed by atoms with Crippen LogP contribution < -0.4 is 15.4 Å². The van der Waals surface area contributed by atoms with Crippen LogP contribution in [0.1, 0.15) is 10.4 Å². The Hall–Kier alpha value is -2.78. The average molecular weight is 435 g/mol. The molecule has 2 aromatic rings. The molecule has 0 bridgehead atoms. The van der Waals surface area contributed by atoms with Crippen LogP contribution in [0.4, 0.5) is 5.82 Å². The summed E-state index contributed by atoms with van der Waals surface area (Å²) in [5.74, 6) is -0.311. The minimum absolute atomic E-state index is 0.0259. The molecule has 3 amide bonds. The van der Waals surface area contributed by atoms with Gasteiger partial charge in [-0.1, -0.05) is 0 Å². The summed E-state index contributed by atoms with van der Waals surface area (Å²) in [6, 6.07) is 9.79. The van der Waals surface area contributed by atoms with Gasteiger partial charge in [-0.25, -0.2) is 4.98 Å². The predicted octanol–water partition coefficient (Wildman–Crippen LogP) is 1.68. The third kappa shape index (κ3) is 6.80. The van der Waals surface area contributed by atoms with E-state index >= 15 is 0 Å². The van der Waals surface area contributed by atoms with Gasteiger partial charge < -0.3 is 10.1 Å². The number of imide groups is 1. The van der Waals surface area contributed by atoms with Gasteiger partial charge in [-0.15, -0.1) is 0 Å². The number of aromatic nitrogens is 1. The van der Waals surface area contributed by atoms with E-state index in [2.05, 4.69) is 31.5 Å². The van der Waals surface area contributed by atoms with Crippen molar-refractivity contribution in [3.05, 3.63) is 52.6 Å². The Labute approximate surface area is 165 Å². The monoisotopic (exact) mass is 434 g/mol. The van der Waals surface area contributed by atoms with Crippen LogP contribution in [-0.2, 0) is 9.59 Å². The maximum atomic E-state index is 12.0. The van der Waals surface area contributed by atoms with Gasteiger partial charge >= 0.3 is 0 Å². The van der Waals surface area contributed by atoms with Crippen molar-refractivity contribution in [2.75, 3.05) is 32.6 Å². The van der Waals surface area contributed by atoms with Crippen molar-refractivity contribution >= 4 is 39.5 Å². The minimum atomic E-state index is -0.514. The first-order valence-electron chi connectivity index (χ1n) is 7.95. The second-order valence-electron chi connectivity index (χ2n) is 5.69. The third-order valence-corrected chi connectivity index (χ3v) is 3.90. The highest BCUT2D eigenvalue weighted by Crippen LogP contribution is 2.11. The standard InChI is InChI=1S/C18H19BrN4O4/c1-23(10-16(24)21-15-8-5-13(19)9-20-15)11-17(25)22-18(26)12-3-6-14(27-2)7-4-12/h3-9H,10-11H2,1-2H3,(H,20,21,24)(H,22,25,26). The number of rotatable bonds is 7. The lowest BCUT2D eigenvalue weighted by molar-refractivity contribution is -0.122. The Morgan fingerprint density at radius 1 is 1.07 bits per heavy atom. The molecule has 8 nitrogen and oxygen atoms in total. The quantitative estimate of drug-likeness (QED) is 0.687. The molecule has 1 aromatic heterocycles. The van der Waals surface area contributed by atoms with Crippen molar-refractivity contribution in [3.8, 4) is 5.75 Å². The number of hydrogen-bond acceptors (Lipinski definition) is 6. The van der Waals surface area contributed by atoms with Gasteiger partial charge in [0.05, 0.1) is 20.2 Å². The van der Waals surface area contributed by atoms with E-state index in [0.717, 1.165) is 4.47 Å². The normalized spacial score (nSPS) is 10.4. The molecule has 0 saturated heterocycles. The maximum Gasteiger partial charge on any atom is 0.257 e. The summed E-state index contributed by atoms with van der Waals surface area (Å²) in [5, 5.41) is 4.91. The van der Waals surface area contributed by atoms with E-state index in [9.17, 15) is 14.4 Å². The molecule has 0 aliphatic heterocycles. The highest BCUT2D eigenvalue weighted by atomic mass is 79.9. The summed E-state index contributed by atoms with van der Waals surface area (Å²) in [5.41, 5.74) is 0.339. The number of carbonyl (C=O) groups is 3. The number of halogens is 1. The first kappa shape index (κ1) is 20.5. The SMILES string of the molecule is COc1ccc(C(=O)NC(=O)CN(C)CC(=O)Nc2ccc(Br)cn2)cc1. The summed E-state index contributed by atoms with van der Waals surface area (Å²) in [7, 11) is 3.13. The minimum Gasteiger partial charge on any atom is -0.497 e. The van der Waals surface area contributed by atoms with Crippen molar-refractivity contribution in [1.29, 1.82) is 0 Å². The second-order valence-corrected chi connectivity index (χ2v) is 6.60. The molecule has 2 rings (SSSR count). The van der Waals surface area contributed by atoms with Crippen molar-refractivity contribution in [2.45, 2.75) is 0 Å². The van der Waals surface area contributed by atoms with E-state index in [1.807, 2.05) is 0 Å². The highest BCUT2D eigenvalue weighted by molar-refractivity contribution is 9.10. The zero-order chi connectivity index (χ0) is 19.8. The molecule has 27 heavy (non-hydrogen) atoms. The zero-order valence-electron chi connectivity index (χ0n) is 14.9. The number of nitrogens with one attached hydrogen (secondary N) is 2. The summed E-state index contributed by atoms with van der Waals surface area (Å²) >= 11 is 3.26. The number of hydrogen-bond donors (Lipinski definition) is 2. The van der Waals surface area contributed by atoms with Gasteiger partial charge in [0.1, 0.15) is 11.6 Å². The van der Waals surface area contributed by atoms with E-state index in [0.29, 0.717) is 17.1 Å². The summed E-state index contributed by atoms with van der Waals surface area (Å²) < 4.78 is 5.82. The summed E-state index contributed by atoms with van der Waals surface area (Å²) in [6.45, 7) is -0.134. The number of ether oxygens (including phenoxy) is 1. The van der Waals surface area contributed by atoms with E-state index in [1.54, 1.807) is 49.6 Å². The van der Waals surface area contributed by atoms with Gasteiger partial charge in [-0.2, -0.15) is 0 Å². The molecule has 0 aliphatic carbocycles. The highest BCUT2D eigenvalue weighted by Gasteiger charge is 2.14. The van der Waals surface area contributed by atoms with Crippen LogP contribution in [0.15, 0.2) is 47.1 Å². The summed E-state index contributed by atoms with van der Waals surface area (Å²) in [4.78, 5) is 41.5. The van der Waals surface area contributed by atoms with Gasteiger partial charge in [-0.05, 0) is 59.4 Å². The van der Waals surface area contributed by atoms with Crippen LogP contribution in [0.25, 0.3) is 0 Å². The van der Waals surface area contributed by atoms with Gasteiger partial charge in [0.25, 0.3) is 5.91 Å². The number of benzene rings is 1. The molecule has 9 heteroatoms. The number of amides is 3. The Morgan fingerprint density at radius 3 is 2.33 bits per heavy atom. The zero-order valence-corrected chi connectivity index (χ0v) is 16.4. The molecule has 0 atom stereocenters. The first-order chi connectivity index (χ1) is 12.9. The smallest absolute Gasteiger partial charge is 0.257 e. The van der Waals surface area contributed by atoms with Gasteiger partial charge in [-0.3, -0.25) is 24.6 Å². The van der Waals surface area contributed by atoms with Crippen LogP contribution in [0.2, 0.25) is 0 Å². The van der Waals surface area contributed by atoms with Crippen LogP contribution in [0.5, 0.6) is 5.75 Å². The molecule has 0 unspecified atom stereocenters. The first-order valence-corrected chi connectivity index (χ1v) is 8.75. The van der Waals surface area contributed by atoms with Crippen molar-refractivity contribution in [3.63, 3.8) is 0 Å². The molecule has 0 saturated carbocycles. The van der Waals surface area contributed by atoms with E-state index in [1.165, 1.54) is 12.0 Å². The Balaban J connectivity index is 1.79. The average Bonchev–Trinajstić information content (AvgIpc) is 2.63. The van der Waals surface area contributed by atoms with Gasteiger partial charge in [0, 0.05) is 16.2 Å². The van der Waals surface area contributed by atoms with E-state index in [-0.39, 0.29) is 19.0 Å². The number of methoxy groups -OCH3 is 1. The summed E-state index contributed by atoms with van der Waals surface area (Å²) in [6.07, 6.45) is 1.57. The number of nitrogens with zero attached hydrogens (tertiary/aromatic N) is 2. The number of likely N-dealkylation sites (N-methyl/N-ethyl adjacent to an activating group) is 1. The second kappa shape index (κ2) is 9.79. The van der Waals surface area contributed by atoms with E-state index < -0.39 is 11.8 Å². The Kier molecular flexibility index (Phi) is 7.44. The molecule has 142 valence electrons. The molecule has 1 aromatic carbocycles. The fourth-order valence-corrected chi connectivity index (χ4v) is 2.39. The molecule has 1 heterocycles. The molecular weight excluding hydrogens is 416 g/mol. The van der Waals surface area contributed by atoms with Crippen LogP contribution in [0.3, 0.4) is 0 Å². The van der Waals surface area contributed by atoms with Crippen molar-refractivity contribution in [1.82, 2.24) is 15.2 Å². The Bertz CT molecular complexity index is 809. The molecule has 0 spiro atoms. The predicted molar refractivity (Wildman–Crippen MR) is 104 cm³/mol. The lowest BCUT2D eigenvalue weighted by atomic mass is 10.2. The molecule has 0 radical (unpaired) electrons. The third-order valence-electron chi connectivity index (χ3n) is 3.43. The van der Waals surface area contributed by atoms with Crippen LogP contribution in [-0.4, -0.2) is 54.9 Å². The lowest BCUT2D eigenvalue weighted by Gasteiger charge is -2.15.